The van der Waals surface area contributed by atoms with E-state index in [2.05, 4.69) is 0 Å². The molecule has 2 atom stereocenters. The number of halogens is 1. The first-order chi connectivity index (χ1) is 9.69. The number of methoxy groups -OCH3 is 1. The number of hydrogen-bond acceptors (Lipinski definition) is 3. The highest BCUT2D eigenvalue weighted by molar-refractivity contribution is 5.41. The fourth-order valence-electron chi connectivity index (χ4n) is 2.54. The predicted octanol–water partition coefficient (Wildman–Crippen LogP) is 3.39. The van der Waals surface area contributed by atoms with Crippen LogP contribution in [0.3, 0.4) is 0 Å². The van der Waals surface area contributed by atoms with Crippen molar-refractivity contribution >= 4 is 0 Å². The molecule has 0 saturated heterocycles. The Morgan fingerprint density at radius 2 is 2.00 bits per heavy atom. The first-order valence-corrected chi connectivity index (χ1v) is 6.46. The van der Waals surface area contributed by atoms with Gasteiger partial charge in [-0.1, -0.05) is 18.2 Å². The average Bonchev–Trinajstić information content (AvgIpc) is 2.46. The van der Waals surface area contributed by atoms with E-state index < -0.39 is 6.10 Å². The normalized spacial score (nSPS) is 20.9. The van der Waals surface area contributed by atoms with E-state index >= 15 is 0 Å². The fourth-order valence-corrected chi connectivity index (χ4v) is 2.54. The van der Waals surface area contributed by atoms with E-state index in [1.807, 2.05) is 24.3 Å². The first-order valence-electron chi connectivity index (χ1n) is 6.46. The molecule has 3 rings (SSSR count). The van der Waals surface area contributed by atoms with E-state index in [1.165, 1.54) is 12.1 Å². The third-order valence-electron chi connectivity index (χ3n) is 3.53. The van der Waals surface area contributed by atoms with Crippen molar-refractivity contribution in [2.75, 3.05) is 7.11 Å². The summed E-state index contributed by atoms with van der Waals surface area (Å²) in [6.07, 6.45) is -0.608. The van der Waals surface area contributed by atoms with Crippen LogP contribution in [-0.2, 0) is 0 Å². The molecule has 104 valence electrons. The molecule has 20 heavy (non-hydrogen) atoms. The molecule has 0 radical (unpaired) electrons. The lowest BCUT2D eigenvalue weighted by Crippen LogP contribution is -2.19. The summed E-state index contributed by atoms with van der Waals surface area (Å²) in [5, 5.41) is 10.2. The standard InChI is InChI=1S/C16H15FO3/c1-19-14-5-3-2-4-12(14)16-9-13(18)11-7-6-10(17)8-15(11)20-16/h2-8,13,16,18H,9H2,1H3/t13-,16?/m0/s1. The van der Waals surface area contributed by atoms with Crippen LogP contribution in [0.5, 0.6) is 11.5 Å². The van der Waals surface area contributed by atoms with Gasteiger partial charge < -0.3 is 14.6 Å². The Hall–Kier alpha value is -2.07. The van der Waals surface area contributed by atoms with E-state index in [0.717, 1.165) is 5.56 Å². The molecule has 1 heterocycles. The van der Waals surface area contributed by atoms with Crippen molar-refractivity contribution in [2.24, 2.45) is 0 Å². The monoisotopic (exact) mass is 274 g/mol. The molecule has 0 saturated carbocycles. The summed E-state index contributed by atoms with van der Waals surface area (Å²) >= 11 is 0. The van der Waals surface area contributed by atoms with Gasteiger partial charge in [-0.2, -0.15) is 0 Å². The third kappa shape index (κ3) is 2.23. The number of benzene rings is 2. The van der Waals surface area contributed by atoms with E-state index in [1.54, 1.807) is 13.2 Å². The maximum Gasteiger partial charge on any atom is 0.130 e. The zero-order valence-electron chi connectivity index (χ0n) is 11.0. The molecular weight excluding hydrogens is 259 g/mol. The molecule has 0 fully saturated rings. The molecule has 0 amide bonds. The third-order valence-corrected chi connectivity index (χ3v) is 3.53. The molecule has 0 bridgehead atoms. The van der Waals surface area contributed by atoms with Crippen LogP contribution >= 0.6 is 0 Å². The van der Waals surface area contributed by atoms with Gasteiger partial charge in [-0.05, 0) is 18.2 Å². The number of aliphatic hydroxyl groups is 1. The van der Waals surface area contributed by atoms with Crippen molar-refractivity contribution < 1.29 is 19.0 Å². The molecule has 0 aromatic heterocycles. The summed E-state index contributed by atoms with van der Waals surface area (Å²) in [5.74, 6) is 0.709. The molecule has 2 aromatic rings. The van der Waals surface area contributed by atoms with Crippen molar-refractivity contribution in [3.63, 3.8) is 0 Å². The van der Waals surface area contributed by atoms with Crippen LogP contribution in [-0.4, -0.2) is 12.2 Å². The second-order valence-corrected chi connectivity index (χ2v) is 4.78. The van der Waals surface area contributed by atoms with Gasteiger partial charge in [-0.15, -0.1) is 0 Å². The van der Waals surface area contributed by atoms with E-state index in [0.29, 0.717) is 23.5 Å². The van der Waals surface area contributed by atoms with Crippen molar-refractivity contribution in [3.8, 4) is 11.5 Å². The lowest BCUT2D eigenvalue weighted by molar-refractivity contribution is 0.0641. The smallest absolute Gasteiger partial charge is 0.130 e. The van der Waals surface area contributed by atoms with E-state index in [-0.39, 0.29) is 11.9 Å². The molecule has 1 N–H and O–H groups in total. The van der Waals surface area contributed by atoms with Gasteiger partial charge in [-0.3, -0.25) is 0 Å². The summed E-state index contributed by atoms with van der Waals surface area (Å²) in [5.41, 5.74) is 1.47. The maximum absolute atomic E-state index is 13.3. The van der Waals surface area contributed by atoms with Gasteiger partial charge in [0.15, 0.2) is 0 Å². The van der Waals surface area contributed by atoms with E-state index in [4.69, 9.17) is 9.47 Å². The van der Waals surface area contributed by atoms with Crippen LogP contribution in [0.4, 0.5) is 4.39 Å². The van der Waals surface area contributed by atoms with Crippen LogP contribution in [0.2, 0.25) is 0 Å². The second-order valence-electron chi connectivity index (χ2n) is 4.78. The summed E-state index contributed by atoms with van der Waals surface area (Å²) in [6, 6.07) is 11.7. The van der Waals surface area contributed by atoms with Gasteiger partial charge in [-0.25, -0.2) is 4.39 Å². The summed E-state index contributed by atoms with van der Waals surface area (Å²) in [7, 11) is 1.59. The van der Waals surface area contributed by atoms with Crippen LogP contribution < -0.4 is 9.47 Å². The number of ether oxygens (including phenoxy) is 2. The number of hydrogen-bond donors (Lipinski definition) is 1. The Balaban J connectivity index is 1.98. The Bertz CT molecular complexity index is 627. The zero-order chi connectivity index (χ0) is 14.1. The summed E-state index contributed by atoms with van der Waals surface area (Å²) in [4.78, 5) is 0. The quantitative estimate of drug-likeness (QED) is 0.912. The van der Waals surface area contributed by atoms with Gasteiger partial charge in [0.2, 0.25) is 0 Å². The molecule has 2 aromatic carbocycles. The minimum absolute atomic E-state index is 0.351. The average molecular weight is 274 g/mol. The molecule has 3 nitrogen and oxygen atoms in total. The SMILES string of the molecule is COc1ccccc1C1C[C@H](O)c2ccc(F)cc2O1. The van der Waals surface area contributed by atoms with Crippen molar-refractivity contribution in [3.05, 3.63) is 59.4 Å². The van der Waals surface area contributed by atoms with Crippen molar-refractivity contribution in [1.29, 1.82) is 0 Å². The van der Waals surface area contributed by atoms with Gasteiger partial charge in [0.25, 0.3) is 0 Å². The topological polar surface area (TPSA) is 38.7 Å². The number of aliphatic hydroxyl groups excluding tert-OH is 1. The Morgan fingerprint density at radius 1 is 1.20 bits per heavy atom. The van der Waals surface area contributed by atoms with Gasteiger partial charge in [0.1, 0.15) is 23.4 Å². The largest absolute Gasteiger partial charge is 0.496 e. The molecule has 0 spiro atoms. The van der Waals surface area contributed by atoms with Crippen molar-refractivity contribution in [1.82, 2.24) is 0 Å². The Kier molecular flexibility index (Phi) is 3.32. The zero-order valence-corrected chi connectivity index (χ0v) is 11.0. The second kappa shape index (κ2) is 5.13. The van der Waals surface area contributed by atoms with E-state index in [9.17, 15) is 9.50 Å². The molecule has 1 unspecified atom stereocenters. The minimum atomic E-state index is -0.672. The predicted molar refractivity (Wildman–Crippen MR) is 72.3 cm³/mol. The number of rotatable bonds is 2. The van der Waals surface area contributed by atoms with Gasteiger partial charge >= 0.3 is 0 Å². The van der Waals surface area contributed by atoms with Crippen LogP contribution in [0.15, 0.2) is 42.5 Å². The highest BCUT2D eigenvalue weighted by Gasteiger charge is 2.29. The Morgan fingerprint density at radius 3 is 2.80 bits per heavy atom. The summed E-state index contributed by atoms with van der Waals surface area (Å²) < 4.78 is 24.5. The minimum Gasteiger partial charge on any atom is -0.496 e. The highest BCUT2D eigenvalue weighted by Crippen LogP contribution is 2.42. The van der Waals surface area contributed by atoms with Crippen LogP contribution in [0, 0.1) is 5.82 Å². The Labute approximate surface area is 116 Å². The fraction of sp³-hybridized carbons (Fsp3) is 0.250. The lowest BCUT2D eigenvalue weighted by atomic mass is 9.94. The maximum atomic E-state index is 13.3. The highest BCUT2D eigenvalue weighted by atomic mass is 19.1. The molecule has 1 aliphatic rings. The van der Waals surface area contributed by atoms with Crippen molar-refractivity contribution in [2.45, 2.75) is 18.6 Å². The molecular formula is C16H15FO3. The first kappa shape index (κ1) is 12.9. The molecule has 1 aliphatic heterocycles. The summed E-state index contributed by atoms with van der Waals surface area (Å²) in [6.45, 7) is 0. The molecule has 4 heteroatoms. The lowest BCUT2D eigenvalue weighted by Gasteiger charge is -2.30. The number of fused-ring (bicyclic) bond motifs is 1. The van der Waals surface area contributed by atoms with Gasteiger partial charge in [0, 0.05) is 23.6 Å². The van der Waals surface area contributed by atoms with Gasteiger partial charge in [0.05, 0.1) is 13.2 Å². The van der Waals surface area contributed by atoms with Crippen LogP contribution in [0.1, 0.15) is 29.8 Å². The van der Waals surface area contributed by atoms with Crippen LogP contribution in [0.25, 0.3) is 0 Å². The molecule has 0 aliphatic carbocycles. The number of para-hydroxylation sites is 1.